The number of nitrogens with one attached hydrogen (secondary N) is 1. The molecule has 6 nitrogen and oxygen atoms in total. The number of aromatic nitrogens is 2. The van der Waals surface area contributed by atoms with Gasteiger partial charge in [0.25, 0.3) is 5.91 Å². The summed E-state index contributed by atoms with van der Waals surface area (Å²) in [5, 5.41) is 0. The number of likely N-dealkylation sites (tertiary alicyclic amines) is 2. The van der Waals surface area contributed by atoms with E-state index in [2.05, 4.69) is 50.1 Å². The van der Waals surface area contributed by atoms with Crippen molar-refractivity contribution in [2.24, 2.45) is 11.8 Å². The minimum atomic E-state index is 0.0896. The van der Waals surface area contributed by atoms with E-state index < -0.39 is 0 Å². The van der Waals surface area contributed by atoms with Crippen LogP contribution in [-0.4, -0.2) is 52.4 Å². The fourth-order valence-corrected chi connectivity index (χ4v) is 5.09. The number of pyridine rings is 1. The SMILES string of the molecule is COc1cncc(CN2C[C@H]3CN(C(=O)c4ccc[nH]4)[C@H](c4ccccc4)[C@H]3C2)c1. The molecule has 1 aromatic carbocycles. The number of nitrogens with zero attached hydrogens (tertiary/aromatic N) is 3. The number of methoxy groups -OCH3 is 1. The van der Waals surface area contributed by atoms with Gasteiger partial charge < -0.3 is 14.6 Å². The Morgan fingerprint density at radius 2 is 2.00 bits per heavy atom. The number of benzene rings is 1. The predicted octanol–water partition coefficient (Wildman–Crippen LogP) is 3.36. The maximum absolute atomic E-state index is 13.2. The summed E-state index contributed by atoms with van der Waals surface area (Å²) >= 11 is 0. The van der Waals surface area contributed by atoms with Crippen molar-refractivity contribution >= 4 is 5.91 Å². The van der Waals surface area contributed by atoms with Crippen LogP contribution in [0.1, 0.15) is 27.7 Å². The van der Waals surface area contributed by atoms with E-state index in [1.807, 2.05) is 30.6 Å². The molecule has 2 aliphatic rings. The molecule has 0 bridgehead atoms. The van der Waals surface area contributed by atoms with Crippen molar-refractivity contribution in [1.29, 1.82) is 0 Å². The summed E-state index contributed by atoms with van der Waals surface area (Å²) in [6.07, 6.45) is 5.45. The van der Waals surface area contributed by atoms with Crippen molar-refractivity contribution in [2.75, 3.05) is 26.7 Å². The fraction of sp³-hybridized carbons (Fsp3) is 0.333. The molecule has 2 saturated heterocycles. The van der Waals surface area contributed by atoms with Gasteiger partial charge >= 0.3 is 0 Å². The van der Waals surface area contributed by atoms with Gasteiger partial charge in [0.15, 0.2) is 0 Å². The first kappa shape index (κ1) is 18.9. The van der Waals surface area contributed by atoms with E-state index >= 15 is 0 Å². The van der Waals surface area contributed by atoms with Crippen molar-refractivity contribution in [3.05, 3.63) is 83.9 Å². The van der Waals surface area contributed by atoms with E-state index in [-0.39, 0.29) is 11.9 Å². The number of ether oxygens (including phenoxy) is 1. The first-order valence-corrected chi connectivity index (χ1v) is 10.4. The number of aromatic amines is 1. The van der Waals surface area contributed by atoms with Gasteiger partial charge in [-0.3, -0.25) is 14.7 Å². The van der Waals surface area contributed by atoms with Gasteiger partial charge in [0, 0.05) is 44.5 Å². The molecular formula is C24H26N4O2. The van der Waals surface area contributed by atoms with E-state index in [0.29, 0.717) is 17.5 Å². The Morgan fingerprint density at radius 3 is 2.77 bits per heavy atom. The summed E-state index contributed by atoms with van der Waals surface area (Å²) in [7, 11) is 1.67. The van der Waals surface area contributed by atoms with Gasteiger partial charge in [-0.15, -0.1) is 0 Å². The normalized spacial score (nSPS) is 23.5. The molecular weight excluding hydrogens is 376 g/mol. The van der Waals surface area contributed by atoms with Crippen LogP contribution in [0.3, 0.4) is 0 Å². The lowest BCUT2D eigenvalue weighted by molar-refractivity contribution is 0.0694. The molecule has 5 rings (SSSR count). The molecule has 0 aliphatic carbocycles. The van der Waals surface area contributed by atoms with Gasteiger partial charge in [-0.25, -0.2) is 0 Å². The van der Waals surface area contributed by atoms with Gasteiger partial charge in [0.2, 0.25) is 0 Å². The van der Waals surface area contributed by atoms with Crippen LogP contribution in [0.2, 0.25) is 0 Å². The van der Waals surface area contributed by atoms with Gasteiger partial charge in [-0.1, -0.05) is 30.3 Å². The van der Waals surface area contributed by atoms with Crippen LogP contribution in [0.15, 0.2) is 67.1 Å². The molecule has 6 heteroatoms. The first-order chi connectivity index (χ1) is 14.7. The molecule has 2 aliphatic heterocycles. The summed E-state index contributed by atoms with van der Waals surface area (Å²) in [5.41, 5.74) is 3.04. The minimum absolute atomic E-state index is 0.0896. The van der Waals surface area contributed by atoms with Crippen LogP contribution in [0.4, 0.5) is 0 Å². The molecule has 0 radical (unpaired) electrons. The van der Waals surface area contributed by atoms with Gasteiger partial charge in [-0.2, -0.15) is 0 Å². The lowest BCUT2D eigenvalue weighted by atomic mass is 9.89. The average molecular weight is 402 g/mol. The van der Waals surface area contributed by atoms with Crippen molar-refractivity contribution in [1.82, 2.24) is 19.8 Å². The highest BCUT2D eigenvalue weighted by molar-refractivity contribution is 5.93. The molecule has 4 heterocycles. The average Bonchev–Trinajstić information content (AvgIpc) is 3.50. The van der Waals surface area contributed by atoms with E-state index in [4.69, 9.17) is 4.74 Å². The van der Waals surface area contributed by atoms with Gasteiger partial charge in [0.05, 0.1) is 19.3 Å². The number of amides is 1. The number of carbonyl (C=O) groups is 1. The van der Waals surface area contributed by atoms with E-state index in [1.54, 1.807) is 13.3 Å². The monoisotopic (exact) mass is 402 g/mol. The molecule has 0 saturated carbocycles. The van der Waals surface area contributed by atoms with Crippen molar-refractivity contribution in [3.8, 4) is 5.75 Å². The van der Waals surface area contributed by atoms with Crippen LogP contribution in [0, 0.1) is 11.8 Å². The molecule has 0 unspecified atom stereocenters. The highest BCUT2D eigenvalue weighted by Gasteiger charge is 2.49. The Bertz CT molecular complexity index is 1010. The molecule has 1 N–H and O–H groups in total. The summed E-state index contributed by atoms with van der Waals surface area (Å²) in [5.74, 6) is 1.76. The van der Waals surface area contributed by atoms with Crippen LogP contribution >= 0.6 is 0 Å². The third-order valence-corrected chi connectivity index (χ3v) is 6.38. The van der Waals surface area contributed by atoms with Crippen molar-refractivity contribution in [2.45, 2.75) is 12.6 Å². The standard InChI is InChI=1S/C24H26N4O2/c1-30-20-10-17(11-25-12-20)13-27-14-19-15-28(24(29)22-8-5-9-26-22)23(21(19)16-27)18-6-3-2-4-7-18/h2-12,19,21,23,26H,13-16H2,1H3/t19-,21-,23+/m0/s1. The minimum Gasteiger partial charge on any atom is -0.495 e. The summed E-state index contributed by atoms with van der Waals surface area (Å²) in [4.78, 5) is 25.2. The zero-order valence-electron chi connectivity index (χ0n) is 17.1. The quantitative estimate of drug-likeness (QED) is 0.711. The number of hydrogen-bond donors (Lipinski definition) is 1. The van der Waals surface area contributed by atoms with Crippen LogP contribution in [0.25, 0.3) is 0 Å². The van der Waals surface area contributed by atoms with Crippen LogP contribution in [0.5, 0.6) is 5.75 Å². The lowest BCUT2D eigenvalue weighted by Gasteiger charge is -2.29. The second-order valence-electron chi connectivity index (χ2n) is 8.25. The van der Waals surface area contributed by atoms with Gasteiger partial charge in [0.1, 0.15) is 11.4 Å². The first-order valence-electron chi connectivity index (χ1n) is 10.4. The maximum Gasteiger partial charge on any atom is 0.270 e. The van der Waals surface area contributed by atoms with E-state index in [0.717, 1.165) is 37.5 Å². The molecule has 3 aromatic rings. The van der Waals surface area contributed by atoms with Crippen LogP contribution in [-0.2, 0) is 6.54 Å². The number of fused-ring (bicyclic) bond motifs is 1. The molecule has 30 heavy (non-hydrogen) atoms. The summed E-state index contributed by atoms with van der Waals surface area (Å²) < 4.78 is 5.32. The highest BCUT2D eigenvalue weighted by Crippen LogP contribution is 2.45. The van der Waals surface area contributed by atoms with E-state index in [1.165, 1.54) is 5.56 Å². The third kappa shape index (κ3) is 3.48. The zero-order valence-corrected chi connectivity index (χ0v) is 17.1. The van der Waals surface area contributed by atoms with E-state index in [9.17, 15) is 4.79 Å². The largest absolute Gasteiger partial charge is 0.495 e. The van der Waals surface area contributed by atoms with Crippen LogP contribution < -0.4 is 4.74 Å². The summed E-state index contributed by atoms with van der Waals surface area (Å²) in [6.45, 7) is 3.59. The number of carbonyl (C=O) groups excluding carboxylic acids is 1. The maximum atomic E-state index is 13.2. The predicted molar refractivity (Wildman–Crippen MR) is 114 cm³/mol. The molecule has 0 spiro atoms. The molecule has 1 amide bonds. The number of rotatable bonds is 5. The molecule has 2 aromatic heterocycles. The highest BCUT2D eigenvalue weighted by atomic mass is 16.5. The van der Waals surface area contributed by atoms with Crippen molar-refractivity contribution < 1.29 is 9.53 Å². The Morgan fingerprint density at radius 1 is 1.13 bits per heavy atom. The second kappa shape index (κ2) is 7.95. The number of hydrogen-bond acceptors (Lipinski definition) is 4. The number of H-pyrrole nitrogens is 1. The third-order valence-electron chi connectivity index (χ3n) is 6.38. The molecule has 3 atom stereocenters. The smallest absolute Gasteiger partial charge is 0.270 e. The summed E-state index contributed by atoms with van der Waals surface area (Å²) in [6, 6.07) is 16.4. The Hall–Kier alpha value is -3.12. The fourth-order valence-electron chi connectivity index (χ4n) is 5.09. The second-order valence-corrected chi connectivity index (χ2v) is 8.25. The Balaban J connectivity index is 1.38. The molecule has 2 fully saturated rings. The van der Waals surface area contributed by atoms with Crippen molar-refractivity contribution in [3.63, 3.8) is 0 Å². The Kier molecular flexibility index (Phi) is 5.01. The molecule has 154 valence electrons. The topological polar surface area (TPSA) is 61.5 Å². The zero-order chi connectivity index (χ0) is 20.5. The Labute approximate surface area is 176 Å². The lowest BCUT2D eigenvalue weighted by Crippen LogP contribution is -2.35. The van der Waals surface area contributed by atoms with Gasteiger partial charge in [-0.05, 0) is 35.2 Å².